The summed E-state index contributed by atoms with van der Waals surface area (Å²) in [7, 11) is 0. The van der Waals surface area contributed by atoms with Crippen LogP contribution in [0.25, 0.3) is 0 Å². The highest BCUT2D eigenvalue weighted by Gasteiger charge is 2.32. The SMILES string of the molecule is CC(C)N(CC(=O)c1ccc(Cl)cc1)CC(F)(F)F. The molecular formula is C13H15ClF3NO. The molecule has 0 atom stereocenters. The maximum Gasteiger partial charge on any atom is 0.401 e. The molecule has 0 spiro atoms. The number of hydrogen-bond acceptors (Lipinski definition) is 2. The molecule has 106 valence electrons. The van der Waals surface area contributed by atoms with Crippen molar-refractivity contribution < 1.29 is 18.0 Å². The summed E-state index contributed by atoms with van der Waals surface area (Å²) in [6.07, 6.45) is -4.31. The van der Waals surface area contributed by atoms with Crippen LogP contribution < -0.4 is 0 Å². The van der Waals surface area contributed by atoms with E-state index in [0.717, 1.165) is 4.90 Å². The lowest BCUT2D eigenvalue weighted by molar-refractivity contribution is -0.148. The van der Waals surface area contributed by atoms with Crippen LogP contribution in [0.1, 0.15) is 24.2 Å². The fourth-order valence-electron chi connectivity index (χ4n) is 1.56. The topological polar surface area (TPSA) is 20.3 Å². The molecule has 0 heterocycles. The number of rotatable bonds is 5. The van der Waals surface area contributed by atoms with Crippen molar-refractivity contribution in [1.29, 1.82) is 0 Å². The van der Waals surface area contributed by atoms with Gasteiger partial charge < -0.3 is 0 Å². The summed E-state index contributed by atoms with van der Waals surface area (Å²) in [5, 5.41) is 0.479. The Morgan fingerprint density at radius 1 is 1.26 bits per heavy atom. The molecule has 0 saturated carbocycles. The van der Waals surface area contributed by atoms with E-state index in [9.17, 15) is 18.0 Å². The van der Waals surface area contributed by atoms with Crippen molar-refractivity contribution in [2.45, 2.75) is 26.1 Å². The van der Waals surface area contributed by atoms with E-state index in [1.54, 1.807) is 13.8 Å². The third-order valence-electron chi connectivity index (χ3n) is 2.63. The van der Waals surface area contributed by atoms with Crippen molar-refractivity contribution in [3.8, 4) is 0 Å². The molecule has 19 heavy (non-hydrogen) atoms. The molecule has 6 heteroatoms. The van der Waals surface area contributed by atoms with Crippen molar-refractivity contribution in [1.82, 2.24) is 4.90 Å². The molecule has 0 fully saturated rings. The summed E-state index contributed by atoms with van der Waals surface area (Å²) in [5.41, 5.74) is 0.359. The maximum atomic E-state index is 12.4. The highest BCUT2D eigenvalue weighted by Crippen LogP contribution is 2.18. The Labute approximate surface area is 115 Å². The van der Waals surface area contributed by atoms with Crippen LogP contribution in [0.15, 0.2) is 24.3 Å². The van der Waals surface area contributed by atoms with Crippen molar-refractivity contribution in [3.05, 3.63) is 34.9 Å². The van der Waals surface area contributed by atoms with E-state index in [-0.39, 0.29) is 18.4 Å². The number of benzene rings is 1. The van der Waals surface area contributed by atoms with Gasteiger partial charge in [-0.2, -0.15) is 13.2 Å². The number of carbonyl (C=O) groups excluding carboxylic acids is 1. The summed E-state index contributed by atoms with van der Waals surface area (Å²) in [6, 6.07) is 5.74. The van der Waals surface area contributed by atoms with E-state index in [1.807, 2.05) is 0 Å². The zero-order chi connectivity index (χ0) is 14.6. The molecule has 0 radical (unpaired) electrons. The van der Waals surface area contributed by atoms with Gasteiger partial charge in [0, 0.05) is 16.6 Å². The van der Waals surface area contributed by atoms with Gasteiger partial charge >= 0.3 is 6.18 Å². The van der Waals surface area contributed by atoms with Gasteiger partial charge in [0.1, 0.15) is 0 Å². The van der Waals surface area contributed by atoms with Crippen LogP contribution in [-0.4, -0.2) is 36.0 Å². The fourth-order valence-corrected chi connectivity index (χ4v) is 1.69. The zero-order valence-electron chi connectivity index (χ0n) is 10.7. The monoisotopic (exact) mass is 293 g/mol. The van der Waals surface area contributed by atoms with E-state index in [1.165, 1.54) is 24.3 Å². The first-order valence-electron chi connectivity index (χ1n) is 5.78. The van der Waals surface area contributed by atoms with Gasteiger partial charge in [-0.25, -0.2) is 0 Å². The van der Waals surface area contributed by atoms with Crippen molar-refractivity contribution in [2.24, 2.45) is 0 Å². The summed E-state index contributed by atoms with van der Waals surface area (Å²) in [4.78, 5) is 13.0. The Bertz CT molecular complexity index is 429. The van der Waals surface area contributed by atoms with Gasteiger partial charge in [0.25, 0.3) is 0 Å². The number of halogens is 4. The smallest absolute Gasteiger partial charge is 0.293 e. The summed E-state index contributed by atoms with van der Waals surface area (Å²) in [5.74, 6) is -0.352. The fraction of sp³-hybridized carbons (Fsp3) is 0.462. The molecule has 0 amide bonds. The Morgan fingerprint density at radius 2 is 1.79 bits per heavy atom. The minimum atomic E-state index is -4.31. The first kappa shape index (κ1) is 16.0. The Morgan fingerprint density at radius 3 is 2.21 bits per heavy atom. The number of ketones is 1. The van der Waals surface area contributed by atoms with Gasteiger partial charge in [0.15, 0.2) is 5.78 Å². The lowest BCUT2D eigenvalue weighted by Gasteiger charge is -2.26. The number of carbonyl (C=O) groups is 1. The van der Waals surface area contributed by atoms with Crippen LogP contribution in [0.3, 0.4) is 0 Å². The molecular weight excluding hydrogens is 279 g/mol. The van der Waals surface area contributed by atoms with Crippen LogP contribution in [0.4, 0.5) is 13.2 Å². The molecule has 0 aliphatic carbocycles. The number of nitrogens with zero attached hydrogens (tertiary/aromatic N) is 1. The van der Waals surface area contributed by atoms with Crippen LogP contribution in [0.2, 0.25) is 5.02 Å². The minimum Gasteiger partial charge on any atom is -0.293 e. The Balaban J connectivity index is 2.74. The summed E-state index contributed by atoms with van der Waals surface area (Å²) >= 11 is 5.69. The molecule has 0 aliphatic heterocycles. The molecule has 0 bridgehead atoms. The predicted molar refractivity (Wildman–Crippen MR) is 68.5 cm³/mol. The standard InChI is InChI=1S/C13H15ClF3NO/c1-9(2)18(8-13(15,16)17)7-12(19)10-3-5-11(14)6-4-10/h3-6,9H,7-8H2,1-2H3. The number of alkyl halides is 3. The van der Waals surface area contributed by atoms with Gasteiger partial charge in [-0.05, 0) is 38.1 Å². The maximum absolute atomic E-state index is 12.4. The molecule has 1 aromatic rings. The van der Waals surface area contributed by atoms with Gasteiger partial charge in [-0.3, -0.25) is 9.69 Å². The molecule has 1 rings (SSSR count). The first-order chi connectivity index (χ1) is 8.69. The molecule has 2 nitrogen and oxygen atoms in total. The van der Waals surface area contributed by atoms with Gasteiger partial charge in [-0.1, -0.05) is 11.6 Å². The molecule has 0 aromatic heterocycles. The first-order valence-corrected chi connectivity index (χ1v) is 6.16. The van der Waals surface area contributed by atoms with Crippen LogP contribution >= 0.6 is 11.6 Å². The summed E-state index contributed by atoms with van der Waals surface area (Å²) in [6.45, 7) is 1.89. The number of hydrogen-bond donors (Lipinski definition) is 0. The van der Waals surface area contributed by atoms with E-state index in [0.29, 0.717) is 10.6 Å². The highest BCUT2D eigenvalue weighted by molar-refractivity contribution is 6.30. The molecule has 1 aromatic carbocycles. The second-order valence-electron chi connectivity index (χ2n) is 4.54. The van der Waals surface area contributed by atoms with Crippen LogP contribution in [0, 0.1) is 0 Å². The highest BCUT2D eigenvalue weighted by atomic mass is 35.5. The van der Waals surface area contributed by atoms with Crippen molar-refractivity contribution in [3.63, 3.8) is 0 Å². The second-order valence-corrected chi connectivity index (χ2v) is 4.98. The lowest BCUT2D eigenvalue weighted by atomic mass is 10.1. The quantitative estimate of drug-likeness (QED) is 0.770. The van der Waals surface area contributed by atoms with E-state index >= 15 is 0 Å². The van der Waals surface area contributed by atoms with E-state index in [2.05, 4.69) is 0 Å². The van der Waals surface area contributed by atoms with Crippen molar-refractivity contribution in [2.75, 3.05) is 13.1 Å². The molecule has 0 saturated heterocycles. The van der Waals surface area contributed by atoms with Crippen molar-refractivity contribution >= 4 is 17.4 Å². The Hall–Kier alpha value is -1.07. The normalized spacial score (nSPS) is 12.2. The molecule has 0 unspecified atom stereocenters. The van der Waals surface area contributed by atoms with Gasteiger partial charge in [-0.15, -0.1) is 0 Å². The third kappa shape index (κ3) is 5.61. The second kappa shape index (κ2) is 6.39. The van der Waals surface area contributed by atoms with E-state index < -0.39 is 12.7 Å². The average molecular weight is 294 g/mol. The molecule has 0 aliphatic rings. The van der Waals surface area contributed by atoms with E-state index in [4.69, 9.17) is 11.6 Å². The predicted octanol–water partition coefficient (Wildman–Crippen LogP) is 3.80. The van der Waals surface area contributed by atoms with Crippen LogP contribution in [0.5, 0.6) is 0 Å². The molecule has 0 N–H and O–H groups in total. The minimum absolute atomic E-state index is 0.265. The largest absolute Gasteiger partial charge is 0.401 e. The van der Waals surface area contributed by atoms with Gasteiger partial charge in [0.2, 0.25) is 0 Å². The third-order valence-corrected chi connectivity index (χ3v) is 2.88. The van der Waals surface area contributed by atoms with Gasteiger partial charge in [0.05, 0.1) is 13.1 Å². The zero-order valence-corrected chi connectivity index (χ0v) is 11.4. The van der Waals surface area contributed by atoms with Crippen LogP contribution in [-0.2, 0) is 0 Å². The summed E-state index contributed by atoms with van der Waals surface area (Å²) < 4.78 is 37.2. The lowest BCUT2D eigenvalue weighted by Crippen LogP contribution is -2.42. The average Bonchev–Trinajstić information content (AvgIpc) is 2.27. The Kier molecular flexibility index (Phi) is 5.38. The number of Topliss-reactive ketones (excluding diaryl/α,β-unsaturated/α-hetero) is 1.